The molecule has 0 aliphatic carbocycles. The summed E-state index contributed by atoms with van der Waals surface area (Å²) in [6.45, 7) is 10.9. The van der Waals surface area contributed by atoms with Crippen molar-refractivity contribution in [1.29, 1.82) is 0 Å². The SMILES string of the molecule is [2H]C([2H])([2H])c1ccccc1-c1ccc(N2B3c4ccccc4-c4ccccc4N3c3ccc[c-]c32)nc1Oc1[c-]c(-n2[c](=[Pt])n(-c3c(-c4ccccc4)cc(C(C)(C)C)cc3-c3cccc(C(C)(C)C)c3)c3ccccc32)ccc1. The van der Waals surface area contributed by atoms with Gasteiger partial charge in [-0.15, -0.1) is 6.07 Å². The number of para-hydroxylation sites is 4. The molecule has 0 spiro atoms. The zero-order valence-electron chi connectivity index (χ0n) is 46.7. The molecule has 2 aliphatic rings. The fraction of sp³-hybridized carbons (Fsp3) is 0.130. The van der Waals surface area contributed by atoms with Gasteiger partial charge in [-0.2, -0.15) is 12.1 Å². The number of ether oxygens (including phenoxy) is 1. The molecule has 11 aromatic rings. The molecule has 378 valence electrons. The van der Waals surface area contributed by atoms with Crippen LogP contribution >= 0.6 is 0 Å². The summed E-state index contributed by atoms with van der Waals surface area (Å²) >= 11 is 2.48. The Bertz CT molecular complexity index is 4310. The summed E-state index contributed by atoms with van der Waals surface area (Å²) in [6, 6.07) is 80.4. The Morgan fingerprint density at radius 1 is 0.532 bits per heavy atom. The Balaban J connectivity index is 0.995. The van der Waals surface area contributed by atoms with Crippen LogP contribution < -0.4 is 19.8 Å². The van der Waals surface area contributed by atoms with Gasteiger partial charge in [-0.1, -0.05) is 42.5 Å². The maximum absolute atomic E-state index is 8.66. The maximum atomic E-state index is 8.66. The molecular weight excluding hydrogens is 1120 g/mol. The van der Waals surface area contributed by atoms with Crippen LogP contribution in [0.25, 0.3) is 66.9 Å². The molecule has 0 radical (unpaired) electrons. The molecular formula is C69H56BN5OPt-2. The third kappa shape index (κ3) is 8.31. The number of aromatic nitrogens is 3. The molecule has 0 saturated carbocycles. The number of imidazole rings is 1. The Morgan fingerprint density at radius 3 is 1.96 bits per heavy atom. The van der Waals surface area contributed by atoms with Crippen molar-refractivity contribution >= 4 is 46.4 Å². The third-order valence-electron chi connectivity index (χ3n) is 15.0. The fourth-order valence-electron chi connectivity index (χ4n) is 11.2. The fourth-order valence-corrected chi connectivity index (χ4v) is 12.3. The topological polar surface area (TPSA) is 38.5 Å². The monoisotopic (exact) mass is 1180 g/mol. The average Bonchev–Trinajstić information content (AvgIpc) is 3.72. The van der Waals surface area contributed by atoms with Crippen molar-refractivity contribution in [2.75, 3.05) is 9.62 Å². The molecule has 0 atom stereocenters. The molecule has 0 bridgehead atoms. The number of benzene rings is 9. The van der Waals surface area contributed by atoms with Crippen LogP contribution in [-0.4, -0.2) is 21.1 Å². The first-order valence-electron chi connectivity index (χ1n) is 27.6. The van der Waals surface area contributed by atoms with Crippen molar-refractivity contribution in [3.8, 4) is 67.5 Å². The van der Waals surface area contributed by atoms with Crippen molar-refractivity contribution in [2.45, 2.75) is 59.2 Å². The molecule has 9 aromatic carbocycles. The Labute approximate surface area is 467 Å². The van der Waals surface area contributed by atoms with Crippen LogP contribution in [-0.2, 0) is 30.2 Å². The second kappa shape index (κ2) is 18.8. The normalized spacial score (nSPS) is 13.6. The first kappa shape index (κ1) is 45.0. The van der Waals surface area contributed by atoms with E-state index in [2.05, 4.69) is 243 Å². The molecule has 0 N–H and O–H groups in total. The van der Waals surface area contributed by atoms with Gasteiger partial charge >= 0.3 is 386 Å². The molecule has 6 nitrogen and oxygen atoms in total. The Kier molecular flexibility index (Phi) is 11.0. The van der Waals surface area contributed by atoms with Crippen LogP contribution in [0, 0.1) is 22.8 Å². The minimum absolute atomic E-state index is 0.0644. The van der Waals surface area contributed by atoms with E-state index in [9.17, 15) is 0 Å². The van der Waals surface area contributed by atoms with Crippen molar-refractivity contribution in [2.24, 2.45) is 0 Å². The van der Waals surface area contributed by atoms with E-state index in [4.69, 9.17) is 13.8 Å². The summed E-state index contributed by atoms with van der Waals surface area (Å²) in [5.74, 6) is 1.26. The van der Waals surface area contributed by atoms with E-state index in [1.54, 1.807) is 12.1 Å². The standard InChI is InChI=1S/C69H56BN5O.Pt/c1-46-23-11-12-30-53(46)56-39-40-65(75-64-38-20-19-37-63(64)74-60-34-16-14-32-55(60)54-31-13-15-33-59(54)70(74)75)71-67(56)76-52-29-22-28-51(44-52)72-45-73(62-36-18-17-35-61(62)72)66-57(47-24-9-8-10-25-47)42-50(69(5,6)7)43-58(66)48-26-21-27-49(41-48)68(2,3)4;/h8-37,39-43H,1-7H3;/q-2;/i1D3;. The van der Waals surface area contributed by atoms with Crippen LogP contribution in [0.1, 0.15) is 62.3 Å². The van der Waals surface area contributed by atoms with E-state index < -0.39 is 6.85 Å². The summed E-state index contributed by atoms with van der Waals surface area (Å²) in [5.41, 5.74) is 18.3. The van der Waals surface area contributed by atoms with Gasteiger partial charge in [0, 0.05) is 11.3 Å². The van der Waals surface area contributed by atoms with E-state index in [0.29, 0.717) is 22.7 Å². The number of hydrogen-bond acceptors (Lipinski definition) is 4. The Morgan fingerprint density at radius 2 is 1.18 bits per heavy atom. The first-order chi connectivity index (χ1) is 38.5. The average molecular weight is 1180 g/mol. The number of pyridine rings is 1. The van der Waals surface area contributed by atoms with E-state index >= 15 is 0 Å². The molecule has 8 heteroatoms. The van der Waals surface area contributed by atoms with E-state index in [1.807, 2.05) is 48.5 Å². The van der Waals surface area contributed by atoms with Gasteiger partial charge in [0.25, 0.3) is 0 Å². The molecule has 0 unspecified atom stereocenters. The number of fused-ring (bicyclic) bond motifs is 9. The van der Waals surface area contributed by atoms with Crippen molar-refractivity contribution in [1.82, 2.24) is 14.1 Å². The van der Waals surface area contributed by atoms with E-state index in [-0.39, 0.29) is 29.3 Å². The Hall–Kier alpha value is -8.25. The summed E-state index contributed by atoms with van der Waals surface area (Å²) < 4.78 is 38.6. The van der Waals surface area contributed by atoms with Crippen molar-refractivity contribution in [3.05, 3.63) is 245 Å². The van der Waals surface area contributed by atoms with Crippen LogP contribution in [0.4, 0.5) is 22.9 Å². The molecule has 13 rings (SSSR count). The van der Waals surface area contributed by atoms with Crippen LogP contribution in [0.2, 0.25) is 0 Å². The summed E-state index contributed by atoms with van der Waals surface area (Å²) in [6.07, 6.45) is 0. The first-order valence-corrected chi connectivity index (χ1v) is 27.3. The third-order valence-corrected chi connectivity index (χ3v) is 16.1. The number of nitrogens with zero attached hydrogens (tertiary/aromatic N) is 5. The summed E-state index contributed by atoms with van der Waals surface area (Å²) in [4.78, 5) is 10.0. The van der Waals surface area contributed by atoms with E-state index in [0.717, 1.165) is 82.1 Å². The zero-order chi connectivity index (χ0) is 55.2. The van der Waals surface area contributed by atoms with Crippen molar-refractivity contribution < 1.29 is 28.2 Å². The quantitative estimate of drug-likeness (QED) is 0.112. The zero-order valence-corrected chi connectivity index (χ0v) is 46.0. The van der Waals surface area contributed by atoms with Gasteiger partial charge in [0.15, 0.2) is 0 Å². The second-order valence-corrected chi connectivity index (χ2v) is 23.0. The van der Waals surface area contributed by atoms with Crippen molar-refractivity contribution in [3.63, 3.8) is 0 Å². The number of hydrogen-bond donors (Lipinski definition) is 0. The molecule has 0 amide bonds. The molecule has 0 saturated heterocycles. The number of rotatable bonds is 8. The second-order valence-electron chi connectivity index (χ2n) is 22.0. The number of aryl methyl sites for hydroxylation is 1. The van der Waals surface area contributed by atoms with Gasteiger partial charge in [0.2, 0.25) is 0 Å². The molecule has 77 heavy (non-hydrogen) atoms. The minimum atomic E-state index is -2.41. The van der Waals surface area contributed by atoms with Crippen LogP contribution in [0.5, 0.6) is 11.6 Å². The summed E-state index contributed by atoms with van der Waals surface area (Å²) in [5, 5.41) is 0. The van der Waals surface area contributed by atoms with Gasteiger partial charge in [-0.05, 0) is 11.6 Å². The number of anilines is 4. The predicted octanol–water partition coefficient (Wildman–Crippen LogP) is 16.9. The van der Waals surface area contributed by atoms with Gasteiger partial charge in [-0.25, -0.2) is 0 Å². The van der Waals surface area contributed by atoms with E-state index in [1.165, 1.54) is 11.1 Å². The van der Waals surface area contributed by atoms with Gasteiger partial charge in [0.05, 0.1) is 0 Å². The molecule has 4 heterocycles. The van der Waals surface area contributed by atoms with Crippen LogP contribution in [0.3, 0.4) is 0 Å². The van der Waals surface area contributed by atoms with Gasteiger partial charge in [0.1, 0.15) is 0 Å². The predicted molar refractivity (Wildman–Crippen MR) is 314 cm³/mol. The van der Waals surface area contributed by atoms with Crippen LogP contribution in [0.15, 0.2) is 212 Å². The van der Waals surface area contributed by atoms with Gasteiger partial charge in [-0.3, -0.25) is 0 Å². The molecule has 2 aliphatic heterocycles. The molecule has 2 aromatic heterocycles. The summed E-state index contributed by atoms with van der Waals surface area (Å²) in [7, 11) is 0. The van der Waals surface area contributed by atoms with Gasteiger partial charge < -0.3 is 0 Å². The molecule has 0 fully saturated rings.